The van der Waals surface area contributed by atoms with Gasteiger partial charge < -0.3 is 0 Å². The van der Waals surface area contributed by atoms with Crippen molar-refractivity contribution in [1.82, 2.24) is 0 Å². The fourth-order valence-corrected chi connectivity index (χ4v) is 0.719. The molecule has 0 aromatic heterocycles. The van der Waals surface area contributed by atoms with Crippen molar-refractivity contribution in [3.63, 3.8) is 0 Å². The highest BCUT2D eigenvalue weighted by molar-refractivity contribution is 5.74. The Balaban J connectivity index is 3.44. The molecular formula is C9H8O. The SMILES string of the molecule is C=c1ccc(C=O)cc1=C. The van der Waals surface area contributed by atoms with E-state index in [0.29, 0.717) is 5.56 Å². The molecule has 0 fully saturated rings. The summed E-state index contributed by atoms with van der Waals surface area (Å²) in [4.78, 5) is 10.2. The Bertz CT molecular complexity index is 338. The standard InChI is InChI=1S/C9H8O/c1-7-3-4-9(6-10)5-8(7)2/h3-6H,1-2H2. The van der Waals surface area contributed by atoms with Crippen molar-refractivity contribution >= 4 is 19.4 Å². The third kappa shape index (κ3) is 1.13. The minimum absolute atomic E-state index is 0.650. The van der Waals surface area contributed by atoms with Gasteiger partial charge in [0.2, 0.25) is 0 Å². The van der Waals surface area contributed by atoms with Crippen LogP contribution < -0.4 is 10.4 Å². The van der Waals surface area contributed by atoms with Gasteiger partial charge in [0.15, 0.2) is 0 Å². The van der Waals surface area contributed by atoms with Gasteiger partial charge >= 0.3 is 0 Å². The van der Waals surface area contributed by atoms with Crippen LogP contribution in [0.1, 0.15) is 10.4 Å². The zero-order valence-corrected chi connectivity index (χ0v) is 5.63. The van der Waals surface area contributed by atoms with E-state index in [2.05, 4.69) is 13.2 Å². The largest absolute Gasteiger partial charge is 0.298 e. The molecule has 0 heterocycles. The Hall–Kier alpha value is -1.37. The second-order valence-corrected chi connectivity index (χ2v) is 2.15. The van der Waals surface area contributed by atoms with Crippen molar-refractivity contribution in [2.75, 3.05) is 0 Å². The molecule has 1 rings (SSSR count). The van der Waals surface area contributed by atoms with Gasteiger partial charge in [0.25, 0.3) is 0 Å². The molecule has 0 saturated heterocycles. The summed E-state index contributed by atoms with van der Waals surface area (Å²) in [5, 5.41) is 1.68. The van der Waals surface area contributed by atoms with Crippen LogP contribution in [-0.4, -0.2) is 6.29 Å². The molecule has 0 N–H and O–H groups in total. The van der Waals surface area contributed by atoms with Crippen LogP contribution in [0.4, 0.5) is 0 Å². The Morgan fingerprint density at radius 1 is 1.20 bits per heavy atom. The predicted octanol–water partition coefficient (Wildman–Crippen LogP) is 0.320. The zero-order chi connectivity index (χ0) is 7.56. The molecule has 0 radical (unpaired) electrons. The monoisotopic (exact) mass is 132 g/mol. The van der Waals surface area contributed by atoms with E-state index in [-0.39, 0.29) is 0 Å². The van der Waals surface area contributed by atoms with Gasteiger partial charge in [0.1, 0.15) is 6.29 Å². The molecule has 50 valence electrons. The Labute approximate surface area is 59.3 Å². The summed E-state index contributed by atoms with van der Waals surface area (Å²) in [6.07, 6.45) is 0.800. The molecule has 0 aliphatic heterocycles. The minimum Gasteiger partial charge on any atom is -0.298 e. The second-order valence-electron chi connectivity index (χ2n) is 2.15. The highest BCUT2D eigenvalue weighted by Crippen LogP contribution is 1.83. The molecule has 1 aromatic carbocycles. The topological polar surface area (TPSA) is 17.1 Å². The number of aldehydes is 1. The number of rotatable bonds is 1. The molecule has 0 amide bonds. The van der Waals surface area contributed by atoms with E-state index < -0.39 is 0 Å². The minimum atomic E-state index is 0.650. The Kier molecular flexibility index (Phi) is 1.67. The fourth-order valence-electron chi connectivity index (χ4n) is 0.719. The van der Waals surface area contributed by atoms with Crippen LogP contribution >= 0.6 is 0 Å². The van der Waals surface area contributed by atoms with Gasteiger partial charge in [-0.2, -0.15) is 0 Å². The predicted molar refractivity (Wildman–Crippen MR) is 42.1 cm³/mol. The summed E-state index contributed by atoms with van der Waals surface area (Å²) in [6.45, 7) is 7.42. The van der Waals surface area contributed by atoms with Crippen molar-refractivity contribution in [1.29, 1.82) is 0 Å². The number of carbonyl (C=O) groups excluding carboxylic acids is 1. The smallest absolute Gasteiger partial charge is 0.150 e. The van der Waals surface area contributed by atoms with E-state index in [4.69, 9.17) is 0 Å². The molecule has 10 heavy (non-hydrogen) atoms. The summed E-state index contributed by atoms with van der Waals surface area (Å²) in [5.41, 5.74) is 0.650. The van der Waals surface area contributed by atoms with Crippen LogP contribution in [0.5, 0.6) is 0 Å². The Morgan fingerprint density at radius 2 is 1.90 bits per heavy atom. The summed E-state index contributed by atoms with van der Waals surface area (Å²) in [6, 6.07) is 5.23. The molecule has 0 unspecified atom stereocenters. The first kappa shape index (κ1) is 6.75. The van der Waals surface area contributed by atoms with E-state index in [0.717, 1.165) is 16.7 Å². The summed E-state index contributed by atoms with van der Waals surface area (Å²) in [7, 11) is 0. The molecule has 0 aliphatic rings. The number of carbonyl (C=O) groups is 1. The van der Waals surface area contributed by atoms with Crippen LogP contribution in [0.25, 0.3) is 13.2 Å². The summed E-state index contributed by atoms with van der Waals surface area (Å²) in [5.74, 6) is 0. The maximum Gasteiger partial charge on any atom is 0.150 e. The molecule has 0 saturated carbocycles. The lowest BCUT2D eigenvalue weighted by Gasteiger charge is -1.87. The van der Waals surface area contributed by atoms with Crippen molar-refractivity contribution in [3.8, 4) is 0 Å². The first-order chi connectivity index (χ1) is 4.74. The fraction of sp³-hybridized carbons (Fsp3) is 0. The molecule has 0 atom stereocenters. The van der Waals surface area contributed by atoms with Crippen molar-refractivity contribution in [2.45, 2.75) is 0 Å². The normalized spacial score (nSPS) is 9.20. The van der Waals surface area contributed by atoms with Crippen LogP contribution in [0.2, 0.25) is 0 Å². The van der Waals surface area contributed by atoms with Crippen LogP contribution in [0, 0.1) is 0 Å². The van der Waals surface area contributed by atoms with Crippen molar-refractivity contribution in [2.24, 2.45) is 0 Å². The lowest BCUT2D eigenvalue weighted by Crippen LogP contribution is -2.20. The highest BCUT2D eigenvalue weighted by Gasteiger charge is 1.85. The third-order valence-corrected chi connectivity index (χ3v) is 1.37. The van der Waals surface area contributed by atoms with Gasteiger partial charge in [-0.15, -0.1) is 0 Å². The number of hydrogen-bond acceptors (Lipinski definition) is 1. The number of benzene rings is 1. The van der Waals surface area contributed by atoms with Gasteiger partial charge in [-0.05, 0) is 16.5 Å². The Morgan fingerprint density at radius 3 is 2.40 bits per heavy atom. The van der Waals surface area contributed by atoms with Crippen LogP contribution in [0.3, 0.4) is 0 Å². The van der Waals surface area contributed by atoms with Gasteiger partial charge in [-0.25, -0.2) is 0 Å². The zero-order valence-electron chi connectivity index (χ0n) is 5.63. The van der Waals surface area contributed by atoms with E-state index in [1.165, 1.54) is 0 Å². The van der Waals surface area contributed by atoms with E-state index >= 15 is 0 Å². The maximum atomic E-state index is 10.2. The quantitative estimate of drug-likeness (QED) is 0.503. The summed E-state index contributed by atoms with van der Waals surface area (Å²) < 4.78 is 0. The van der Waals surface area contributed by atoms with Crippen LogP contribution in [-0.2, 0) is 0 Å². The molecular weight excluding hydrogens is 124 g/mol. The molecule has 1 heteroatoms. The average molecular weight is 132 g/mol. The lowest BCUT2D eigenvalue weighted by atomic mass is 10.2. The van der Waals surface area contributed by atoms with Gasteiger partial charge in [-0.1, -0.05) is 25.3 Å². The molecule has 0 spiro atoms. The van der Waals surface area contributed by atoms with E-state index in [1.807, 2.05) is 0 Å². The molecule has 0 bridgehead atoms. The molecule has 1 aromatic rings. The first-order valence-electron chi connectivity index (χ1n) is 2.97. The van der Waals surface area contributed by atoms with Crippen molar-refractivity contribution < 1.29 is 4.79 Å². The first-order valence-corrected chi connectivity index (χ1v) is 2.97. The average Bonchev–Trinajstić information content (AvgIpc) is 1.95. The van der Waals surface area contributed by atoms with Crippen LogP contribution in [0.15, 0.2) is 18.2 Å². The van der Waals surface area contributed by atoms with E-state index in [1.54, 1.807) is 18.2 Å². The van der Waals surface area contributed by atoms with Crippen molar-refractivity contribution in [3.05, 3.63) is 34.2 Å². The highest BCUT2D eigenvalue weighted by atomic mass is 16.1. The van der Waals surface area contributed by atoms with E-state index in [9.17, 15) is 4.79 Å². The maximum absolute atomic E-state index is 10.2. The number of hydrogen-bond donors (Lipinski definition) is 0. The van der Waals surface area contributed by atoms with Gasteiger partial charge in [-0.3, -0.25) is 4.79 Å². The second kappa shape index (κ2) is 2.48. The lowest BCUT2D eigenvalue weighted by molar-refractivity contribution is 0.112. The molecule has 0 aliphatic carbocycles. The third-order valence-electron chi connectivity index (χ3n) is 1.37. The van der Waals surface area contributed by atoms with Gasteiger partial charge in [0, 0.05) is 5.56 Å². The summed E-state index contributed by atoms with van der Waals surface area (Å²) >= 11 is 0. The van der Waals surface area contributed by atoms with Gasteiger partial charge in [0.05, 0.1) is 0 Å². The molecule has 1 nitrogen and oxygen atoms in total.